The minimum atomic E-state index is 0.330. The Morgan fingerprint density at radius 3 is 2.39 bits per heavy atom. The SMILES string of the molecule is CC(C)CC(CCO)CNC1CCN(C2CCCCC2C)CC1. The molecule has 3 unspecified atom stereocenters. The molecule has 3 nitrogen and oxygen atoms in total. The summed E-state index contributed by atoms with van der Waals surface area (Å²) < 4.78 is 0. The van der Waals surface area contributed by atoms with E-state index in [1.54, 1.807) is 0 Å². The van der Waals surface area contributed by atoms with Crippen LogP contribution in [-0.4, -0.2) is 48.3 Å². The van der Waals surface area contributed by atoms with Gasteiger partial charge in [-0.2, -0.15) is 0 Å². The van der Waals surface area contributed by atoms with Gasteiger partial charge in [-0.05, 0) is 75.9 Å². The Morgan fingerprint density at radius 1 is 1.09 bits per heavy atom. The fraction of sp³-hybridized carbons (Fsp3) is 1.00. The summed E-state index contributed by atoms with van der Waals surface area (Å²) in [5.41, 5.74) is 0. The maximum atomic E-state index is 9.26. The summed E-state index contributed by atoms with van der Waals surface area (Å²) in [4.78, 5) is 2.78. The molecule has 0 aromatic carbocycles. The van der Waals surface area contributed by atoms with E-state index in [1.165, 1.54) is 58.0 Å². The second-order valence-electron chi connectivity index (χ2n) is 8.56. The first-order valence-corrected chi connectivity index (χ1v) is 10.2. The maximum absolute atomic E-state index is 9.26. The topological polar surface area (TPSA) is 35.5 Å². The van der Waals surface area contributed by atoms with E-state index in [4.69, 9.17) is 0 Å². The van der Waals surface area contributed by atoms with Crippen LogP contribution < -0.4 is 5.32 Å². The third-order valence-electron chi connectivity index (χ3n) is 6.10. The van der Waals surface area contributed by atoms with Crippen molar-refractivity contribution >= 4 is 0 Å². The van der Waals surface area contributed by atoms with Crippen LogP contribution in [0.15, 0.2) is 0 Å². The number of hydrogen-bond donors (Lipinski definition) is 2. The van der Waals surface area contributed by atoms with Crippen molar-refractivity contribution in [1.29, 1.82) is 0 Å². The molecule has 0 aromatic heterocycles. The minimum absolute atomic E-state index is 0.330. The largest absolute Gasteiger partial charge is 0.396 e. The molecule has 3 heteroatoms. The van der Waals surface area contributed by atoms with E-state index in [-0.39, 0.29) is 0 Å². The zero-order valence-corrected chi connectivity index (χ0v) is 15.8. The van der Waals surface area contributed by atoms with Gasteiger partial charge in [-0.25, -0.2) is 0 Å². The Kier molecular flexibility index (Phi) is 8.35. The van der Waals surface area contributed by atoms with Gasteiger partial charge in [0.05, 0.1) is 0 Å². The Labute approximate surface area is 144 Å². The lowest BCUT2D eigenvalue weighted by Crippen LogP contribution is -2.50. The summed E-state index contributed by atoms with van der Waals surface area (Å²) in [5, 5.41) is 13.1. The van der Waals surface area contributed by atoms with Crippen LogP contribution in [0.5, 0.6) is 0 Å². The molecule has 0 radical (unpaired) electrons. The van der Waals surface area contributed by atoms with Gasteiger partial charge < -0.3 is 15.3 Å². The van der Waals surface area contributed by atoms with E-state index in [9.17, 15) is 5.11 Å². The quantitative estimate of drug-likeness (QED) is 0.715. The highest BCUT2D eigenvalue weighted by molar-refractivity contribution is 4.86. The lowest BCUT2D eigenvalue weighted by atomic mass is 9.84. The zero-order valence-electron chi connectivity index (χ0n) is 15.8. The van der Waals surface area contributed by atoms with Crippen LogP contribution in [0.4, 0.5) is 0 Å². The smallest absolute Gasteiger partial charge is 0.0434 e. The molecule has 2 N–H and O–H groups in total. The summed E-state index contributed by atoms with van der Waals surface area (Å²) >= 11 is 0. The summed E-state index contributed by atoms with van der Waals surface area (Å²) in [6.07, 6.45) is 10.5. The molecule has 0 bridgehead atoms. The van der Waals surface area contributed by atoms with E-state index in [0.29, 0.717) is 18.6 Å². The van der Waals surface area contributed by atoms with Gasteiger partial charge in [0, 0.05) is 18.7 Å². The molecule has 136 valence electrons. The van der Waals surface area contributed by atoms with Crippen molar-refractivity contribution in [3.05, 3.63) is 0 Å². The monoisotopic (exact) mass is 324 g/mol. The van der Waals surface area contributed by atoms with Gasteiger partial charge >= 0.3 is 0 Å². The fourth-order valence-corrected chi connectivity index (χ4v) is 4.76. The normalized spacial score (nSPS) is 29.1. The molecule has 3 atom stereocenters. The average molecular weight is 325 g/mol. The number of hydrogen-bond acceptors (Lipinski definition) is 3. The van der Waals surface area contributed by atoms with E-state index in [2.05, 4.69) is 31.0 Å². The predicted octanol–water partition coefficient (Wildman–Crippen LogP) is 3.66. The van der Waals surface area contributed by atoms with Crippen molar-refractivity contribution in [2.75, 3.05) is 26.2 Å². The highest BCUT2D eigenvalue weighted by Gasteiger charge is 2.30. The molecule has 1 saturated carbocycles. The Balaban J connectivity index is 1.69. The van der Waals surface area contributed by atoms with Crippen LogP contribution in [0.3, 0.4) is 0 Å². The van der Waals surface area contributed by atoms with Gasteiger partial charge in [0.1, 0.15) is 0 Å². The third kappa shape index (κ3) is 6.36. The van der Waals surface area contributed by atoms with Gasteiger partial charge in [-0.15, -0.1) is 0 Å². The lowest BCUT2D eigenvalue weighted by molar-refractivity contribution is 0.0804. The Morgan fingerprint density at radius 2 is 1.78 bits per heavy atom. The number of nitrogens with zero attached hydrogens (tertiary/aromatic N) is 1. The summed E-state index contributed by atoms with van der Waals surface area (Å²) in [5.74, 6) is 2.26. The number of likely N-dealkylation sites (tertiary alicyclic amines) is 1. The molecule has 1 saturated heterocycles. The van der Waals surface area contributed by atoms with Crippen molar-refractivity contribution in [2.45, 2.75) is 84.2 Å². The molecule has 23 heavy (non-hydrogen) atoms. The fourth-order valence-electron chi connectivity index (χ4n) is 4.76. The summed E-state index contributed by atoms with van der Waals surface area (Å²) in [7, 11) is 0. The molecule has 2 rings (SSSR count). The molecule has 1 aliphatic heterocycles. The summed E-state index contributed by atoms with van der Waals surface area (Å²) in [6.45, 7) is 11.0. The van der Waals surface area contributed by atoms with Crippen LogP contribution >= 0.6 is 0 Å². The van der Waals surface area contributed by atoms with Gasteiger partial charge in [-0.1, -0.05) is 33.6 Å². The molecule has 0 spiro atoms. The molecule has 2 fully saturated rings. The van der Waals surface area contributed by atoms with Crippen LogP contribution in [0, 0.1) is 17.8 Å². The number of aliphatic hydroxyl groups is 1. The first-order chi connectivity index (χ1) is 11.1. The number of aliphatic hydroxyl groups excluding tert-OH is 1. The highest BCUT2D eigenvalue weighted by atomic mass is 16.3. The van der Waals surface area contributed by atoms with Crippen LogP contribution in [0.1, 0.15) is 72.1 Å². The van der Waals surface area contributed by atoms with E-state index in [0.717, 1.165) is 30.8 Å². The van der Waals surface area contributed by atoms with Crippen molar-refractivity contribution in [2.24, 2.45) is 17.8 Å². The zero-order chi connectivity index (χ0) is 16.7. The first-order valence-electron chi connectivity index (χ1n) is 10.2. The molecule has 0 aromatic rings. The Hall–Kier alpha value is -0.120. The summed E-state index contributed by atoms with van der Waals surface area (Å²) in [6, 6.07) is 1.55. The molecule has 1 heterocycles. The van der Waals surface area contributed by atoms with Gasteiger partial charge in [0.2, 0.25) is 0 Å². The Bertz CT molecular complexity index is 313. The average Bonchev–Trinajstić information content (AvgIpc) is 2.53. The van der Waals surface area contributed by atoms with Crippen molar-refractivity contribution < 1.29 is 5.11 Å². The van der Waals surface area contributed by atoms with Gasteiger partial charge in [0.15, 0.2) is 0 Å². The van der Waals surface area contributed by atoms with E-state index >= 15 is 0 Å². The number of piperidine rings is 1. The van der Waals surface area contributed by atoms with Crippen LogP contribution in [-0.2, 0) is 0 Å². The van der Waals surface area contributed by atoms with Crippen LogP contribution in [0.2, 0.25) is 0 Å². The number of nitrogens with one attached hydrogen (secondary N) is 1. The predicted molar refractivity (Wildman–Crippen MR) is 98.7 cm³/mol. The van der Waals surface area contributed by atoms with E-state index in [1.807, 2.05) is 0 Å². The second-order valence-corrected chi connectivity index (χ2v) is 8.56. The van der Waals surface area contributed by atoms with Crippen molar-refractivity contribution in [3.8, 4) is 0 Å². The first kappa shape index (κ1) is 19.2. The van der Waals surface area contributed by atoms with Crippen molar-refractivity contribution in [3.63, 3.8) is 0 Å². The van der Waals surface area contributed by atoms with E-state index < -0.39 is 0 Å². The number of rotatable bonds is 8. The molecular formula is C20H40N2O. The maximum Gasteiger partial charge on any atom is 0.0434 e. The highest BCUT2D eigenvalue weighted by Crippen LogP contribution is 2.30. The van der Waals surface area contributed by atoms with Crippen molar-refractivity contribution in [1.82, 2.24) is 10.2 Å². The molecule has 2 aliphatic rings. The third-order valence-corrected chi connectivity index (χ3v) is 6.10. The molecule has 1 aliphatic carbocycles. The van der Waals surface area contributed by atoms with Crippen LogP contribution in [0.25, 0.3) is 0 Å². The molecular weight excluding hydrogens is 284 g/mol. The lowest BCUT2D eigenvalue weighted by Gasteiger charge is -2.42. The van der Waals surface area contributed by atoms with Gasteiger partial charge in [0.25, 0.3) is 0 Å². The minimum Gasteiger partial charge on any atom is -0.396 e. The standard InChI is InChI=1S/C20H40N2O/c1-16(2)14-18(10-13-23)15-21-19-8-11-22(12-9-19)20-7-5-4-6-17(20)3/h16-21,23H,4-15H2,1-3H3. The second kappa shape index (κ2) is 10.0. The van der Waals surface area contributed by atoms with Gasteiger partial charge in [-0.3, -0.25) is 0 Å². The molecule has 0 amide bonds.